The maximum absolute atomic E-state index is 10.1. The predicted octanol–water partition coefficient (Wildman–Crippen LogP) is 2.92. The lowest BCUT2D eigenvalue weighted by Crippen LogP contribution is -2.40. The molecule has 0 saturated carbocycles. The van der Waals surface area contributed by atoms with Gasteiger partial charge in [-0.2, -0.15) is 0 Å². The predicted molar refractivity (Wildman–Crippen MR) is 80.9 cm³/mol. The molecule has 1 atom stereocenters. The summed E-state index contributed by atoms with van der Waals surface area (Å²) >= 11 is 0. The summed E-state index contributed by atoms with van der Waals surface area (Å²) in [5.41, 5.74) is 1.84. The van der Waals surface area contributed by atoms with E-state index in [4.69, 9.17) is 6.42 Å². The third kappa shape index (κ3) is 5.46. The molecule has 2 heteroatoms. The van der Waals surface area contributed by atoms with Gasteiger partial charge in [0.2, 0.25) is 0 Å². The molecule has 0 bridgehead atoms. The van der Waals surface area contributed by atoms with E-state index < -0.39 is 11.6 Å². The minimum Gasteiger partial charge on any atom is -0.387 e. The number of terminal acetylenes is 1. The van der Waals surface area contributed by atoms with Gasteiger partial charge in [-0.15, -0.1) is 6.42 Å². The quantitative estimate of drug-likeness (QED) is 0.770. The van der Waals surface area contributed by atoms with Gasteiger partial charge in [-0.3, -0.25) is 5.32 Å². The molecule has 1 rings (SSSR count). The Bertz CT molecular complexity index is 426. The maximum atomic E-state index is 10.1. The normalized spacial score (nSPS) is 13.3. The molecule has 2 N–H and O–H groups in total. The number of β-amino-alcohol motifs (C(OH)–C–C–N with tert-alkyl or cyclic N) is 1. The second-order valence-corrected chi connectivity index (χ2v) is 6.01. The van der Waals surface area contributed by atoms with Crippen LogP contribution in [-0.4, -0.2) is 17.2 Å². The van der Waals surface area contributed by atoms with Gasteiger partial charge in [0.05, 0.1) is 11.6 Å². The van der Waals surface area contributed by atoms with Crippen molar-refractivity contribution in [3.05, 3.63) is 35.4 Å². The van der Waals surface area contributed by atoms with E-state index in [1.54, 1.807) is 0 Å². The van der Waals surface area contributed by atoms with Crippen LogP contribution in [0.5, 0.6) is 0 Å². The van der Waals surface area contributed by atoms with Gasteiger partial charge in [-0.25, -0.2) is 0 Å². The lowest BCUT2D eigenvalue weighted by Gasteiger charge is -2.22. The first-order chi connectivity index (χ1) is 8.84. The van der Waals surface area contributed by atoms with Crippen molar-refractivity contribution >= 4 is 0 Å². The van der Waals surface area contributed by atoms with E-state index in [9.17, 15) is 5.11 Å². The molecule has 0 spiro atoms. The van der Waals surface area contributed by atoms with Gasteiger partial charge >= 0.3 is 0 Å². The van der Waals surface area contributed by atoms with Crippen LogP contribution < -0.4 is 5.32 Å². The molecule has 0 aromatic heterocycles. The standard InChI is InChI=1S/C17H25NO/c1-6-17(4,5)18-12-16(19)15-9-7-14(8-10-15)11-13(2)3/h1,7-10,13,16,18-19H,11-12H2,2-5H3. The Kier molecular flexibility index (Phi) is 5.60. The first-order valence-electron chi connectivity index (χ1n) is 6.84. The molecule has 19 heavy (non-hydrogen) atoms. The van der Waals surface area contributed by atoms with Gasteiger partial charge in [0, 0.05) is 6.54 Å². The molecule has 0 aliphatic carbocycles. The fraction of sp³-hybridized carbons (Fsp3) is 0.529. The Balaban J connectivity index is 2.58. The van der Waals surface area contributed by atoms with Crippen molar-refractivity contribution in [3.8, 4) is 12.3 Å². The lowest BCUT2D eigenvalue weighted by molar-refractivity contribution is 0.167. The SMILES string of the molecule is C#CC(C)(C)NCC(O)c1ccc(CC(C)C)cc1. The zero-order valence-electron chi connectivity index (χ0n) is 12.4. The van der Waals surface area contributed by atoms with Gasteiger partial charge in [0.25, 0.3) is 0 Å². The number of hydrogen-bond donors (Lipinski definition) is 2. The Morgan fingerprint density at radius 1 is 1.26 bits per heavy atom. The molecule has 1 unspecified atom stereocenters. The molecule has 0 aliphatic heterocycles. The molecule has 104 valence electrons. The van der Waals surface area contributed by atoms with Gasteiger partial charge in [-0.1, -0.05) is 44.0 Å². The maximum Gasteiger partial charge on any atom is 0.0914 e. The highest BCUT2D eigenvalue weighted by atomic mass is 16.3. The largest absolute Gasteiger partial charge is 0.387 e. The van der Waals surface area contributed by atoms with Crippen LogP contribution >= 0.6 is 0 Å². The second-order valence-electron chi connectivity index (χ2n) is 6.01. The van der Waals surface area contributed by atoms with Crippen LogP contribution in [0.1, 0.15) is 44.9 Å². The van der Waals surface area contributed by atoms with Crippen LogP contribution in [-0.2, 0) is 6.42 Å². The average molecular weight is 259 g/mol. The van der Waals surface area contributed by atoms with Crippen molar-refractivity contribution in [3.63, 3.8) is 0 Å². The van der Waals surface area contributed by atoms with Gasteiger partial charge in [-0.05, 0) is 37.3 Å². The van der Waals surface area contributed by atoms with E-state index in [0.717, 1.165) is 12.0 Å². The molecular weight excluding hydrogens is 234 g/mol. The number of benzene rings is 1. The van der Waals surface area contributed by atoms with Gasteiger partial charge < -0.3 is 5.11 Å². The number of rotatable bonds is 6. The molecule has 0 aliphatic rings. The van der Waals surface area contributed by atoms with Crippen LogP contribution in [0.25, 0.3) is 0 Å². The minimum atomic E-state index is -0.527. The molecule has 0 radical (unpaired) electrons. The highest BCUT2D eigenvalue weighted by Gasteiger charge is 2.15. The van der Waals surface area contributed by atoms with Crippen molar-refractivity contribution in [1.82, 2.24) is 5.32 Å². The molecule has 1 aromatic carbocycles. The van der Waals surface area contributed by atoms with Crippen molar-refractivity contribution < 1.29 is 5.11 Å². The molecular formula is C17H25NO. The lowest BCUT2D eigenvalue weighted by atomic mass is 10.00. The molecule has 1 aromatic rings. The Morgan fingerprint density at radius 2 is 1.84 bits per heavy atom. The molecule has 0 heterocycles. The van der Waals surface area contributed by atoms with E-state index in [-0.39, 0.29) is 0 Å². The first-order valence-corrected chi connectivity index (χ1v) is 6.84. The van der Waals surface area contributed by atoms with Crippen molar-refractivity contribution in [2.24, 2.45) is 5.92 Å². The minimum absolute atomic E-state index is 0.390. The molecule has 0 fully saturated rings. The topological polar surface area (TPSA) is 32.3 Å². The first kappa shape index (κ1) is 15.8. The Labute approximate surface area is 117 Å². The Morgan fingerprint density at radius 3 is 2.32 bits per heavy atom. The van der Waals surface area contributed by atoms with E-state index in [0.29, 0.717) is 12.5 Å². The number of hydrogen-bond acceptors (Lipinski definition) is 2. The summed E-state index contributed by atoms with van der Waals surface area (Å²) in [6.07, 6.45) is 5.94. The van der Waals surface area contributed by atoms with Crippen LogP contribution in [0.4, 0.5) is 0 Å². The number of aliphatic hydroxyl groups excluding tert-OH is 1. The van der Waals surface area contributed by atoms with E-state index in [2.05, 4.69) is 37.2 Å². The third-order valence-electron chi connectivity index (χ3n) is 3.11. The van der Waals surface area contributed by atoms with Crippen molar-refractivity contribution in [2.75, 3.05) is 6.54 Å². The van der Waals surface area contributed by atoms with Crippen molar-refractivity contribution in [2.45, 2.75) is 45.8 Å². The average Bonchev–Trinajstić information content (AvgIpc) is 2.36. The smallest absolute Gasteiger partial charge is 0.0914 e. The fourth-order valence-electron chi connectivity index (χ4n) is 1.87. The highest BCUT2D eigenvalue weighted by Crippen LogP contribution is 2.16. The van der Waals surface area contributed by atoms with E-state index in [1.807, 2.05) is 26.0 Å². The summed E-state index contributed by atoms with van der Waals surface area (Å²) in [6.45, 7) is 8.71. The number of aliphatic hydroxyl groups is 1. The Hall–Kier alpha value is -1.30. The van der Waals surface area contributed by atoms with Gasteiger partial charge in [0.15, 0.2) is 0 Å². The highest BCUT2D eigenvalue weighted by molar-refractivity contribution is 5.25. The second kappa shape index (κ2) is 6.75. The van der Waals surface area contributed by atoms with Crippen LogP contribution in [0.15, 0.2) is 24.3 Å². The fourth-order valence-corrected chi connectivity index (χ4v) is 1.87. The third-order valence-corrected chi connectivity index (χ3v) is 3.11. The van der Waals surface area contributed by atoms with Crippen LogP contribution in [0.2, 0.25) is 0 Å². The van der Waals surface area contributed by atoms with E-state index >= 15 is 0 Å². The van der Waals surface area contributed by atoms with Gasteiger partial charge in [0.1, 0.15) is 0 Å². The molecule has 0 amide bonds. The summed E-state index contributed by atoms with van der Waals surface area (Å²) in [4.78, 5) is 0. The van der Waals surface area contributed by atoms with Crippen LogP contribution in [0, 0.1) is 18.3 Å². The molecule has 2 nitrogen and oxygen atoms in total. The zero-order valence-corrected chi connectivity index (χ0v) is 12.4. The van der Waals surface area contributed by atoms with Crippen LogP contribution in [0.3, 0.4) is 0 Å². The molecule has 0 saturated heterocycles. The monoisotopic (exact) mass is 259 g/mol. The summed E-state index contributed by atoms with van der Waals surface area (Å²) in [5, 5.41) is 13.3. The summed E-state index contributed by atoms with van der Waals surface area (Å²) < 4.78 is 0. The van der Waals surface area contributed by atoms with E-state index in [1.165, 1.54) is 5.56 Å². The summed E-state index contributed by atoms with van der Waals surface area (Å²) in [5.74, 6) is 3.30. The summed E-state index contributed by atoms with van der Waals surface area (Å²) in [6, 6.07) is 8.16. The zero-order chi connectivity index (χ0) is 14.5. The summed E-state index contributed by atoms with van der Waals surface area (Å²) in [7, 11) is 0. The van der Waals surface area contributed by atoms with Crippen molar-refractivity contribution in [1.29, 1.82) is 0 Å². The number of nitrogens with one attached hydrogen (secondary N) is 1.